The van der Waals surface area contributed by atoms with Crippen molar-refractivity contribution in [3.05, 3.63) is 58.2 Å². The zero-order valence-electron chi connectivity index (χ0n) is 20.1. The third-order valence-electron chi connectivity index (χ3n) is 6.20. The van der Waals surface area contributed by atoms with Gasteiger partial charge in [0.2, 0.25) is 0 Å². The normalized spacial score (nSPS) is 15.6. The molecule has 0 unspecified atom stereocenters. The second kappa shape index (κ2) is 11.5. The number of benzene rings is 1. The molecule has 2 N–H and O–H groups in total. The van der Waals surface area contributed by atoms with Crippen LogP contribution in [0.15, 0.2) is 36.8 Å². The molecule has 3 heterocycles. The van der Waals surface area contributed by atoms with Crippen molar-refractivity contribution in [1.29, 1.82) is 0 Å². The average Bonchev–Trinajstić information content (AvgIpc) is 3.34. The highest BCUT2D eigenvalue weighted by molar-refractivity contribution is 6.36. The zero-order chi connectivity index (χ0) is 25.8. The molecule has 36 heavy (non-hydrogen) atoms. The van der Waals surface area contributed by atoms with Crippen LogP contribution in [0, 0.1) is 5.82 Å². The van der Waals surface area contributed by atoms with Crippen LogP contribution in [-0.4, -0.2) is 51.9 Å². The quantitative estimate of drug-likeness (QED) is 0.308. The second-order valence-electron chi connectivity index (χ2n) is 8.65. The van der Waals surface area contributed by atoms with E-state index in [4.69, 9.17) is 38.4 Å². The minimum atomic E-state index is -0.664. The van der Waals surface area contributed by atoms with E-state index in [1.165, 1.54) is 12.1 Å². The van der Waals surface area contributed by atoms with Gasteiger partial charge < -0.3 is 15.2 Å². The topological polar surface area (TPSA) is 95.5 Å². The van der Waals surface area contributed by atoms with Crippen molar-refractivity contribution >= 4 is 35.0 Å². The first-order chi connectivity index (χ1) is 17.3. The highest BCUT2D eigenvalue weighted by Gasteiger charge is 2.24. The number of nitrogen functional groups attached to an aromatic ring is 1. The van der Waals surface area contributed by atoms with E-state index in [1.54, 1.807) is 32.3 Å². The van der Waals surface area contributed by atoms with Crippen molar-refractivity contribution in [2.45, 2.75) is 38.8 Å². The van der Waals surface area contributed by atoms with Crippen molar-refractivity contribution in [3.63, 3.8) is 0 Å². The van der Waals surface area contributed by atoms with Crippen LogP contribution in [0.5, 0.6) is 5.75 Å². The Labute approximate surface area is 219 Å². The van der Waals surface area contributed by atoms with Crippen LogP contribution < -0.4 is 10.5 Å². The molecule has 1 aliphatic rings. The molecule has 0 saturated carbocycles. The van der Waals surface area contributed by atoms with Crippen LogP contribution >= 0.6 is 23.2 Å². The zero-order valence-corrected chi connectivity index (χ0v) is 21.6. The first kappa shape index (κ1) is 26.2. The predicted octanol–water partition coefficient (Wildman–Crippen LogP) is 5.31. The summed E-state index contributed by atoms with van der Waals surface area (Å²) >= 11 is 12.4. The first-order valence-electron chi connectivity index (χ1n) is 11.7. The highest BCUT2D eigenvalue weighted by atomic mass is 35.5. The number of rotatable bonds is 8. The number of likely N-dealkylation sites (tertiary alicyclic amines) is 1. The van der Waals surface area contributed by atoms with Crippen LogP contribution in [0.4, 0.5) is 10.2 Å². The minimum Gasteiger partial charge on any atom is -0.482 e. The van der Waals surface area contributed by atoms with E-state index in [2.05, 4.69) is 15.0 Å². The maximum absolute atomic E-state index is 14.0. The van der Waals surface area contributed by atoms with Crippen molar-refractivity contribution in [3.8, 4) is 16.9 Å². The van der Waals surface area contributed by atoms with Gasteiger partial charge in [-0.15, -0.1) is 0 Å². The smallest absolute Gasteiger partial charge is 0.320 e. The minimum absolute atomic E-state index is 0.0905. The van der Waals surface area contributed by atoms with Gasteiger partial charge in [0.25, 0.3) is 0 Å². The van der Waals surface area contributed by atoms with Gasteiger partial charge in [-0.25, -0.2) is 9.37 Å². The van der Waals surface area contributed by atoms with E-state index in [0.717, 1.165) is 37.1 Å². The number of carbonyl (C=O) groups excluding carboxylic acids is 1. The second-order valence-corrected chi connectivity index (χ2v) is 9.43. The largest absolute Gasteiger partial charge is 0.482 e. The summed E-state index contributed by atoms with van der Waals surface area (Å²) in [7, 11) is 0. The van der Waals surface area contributed by atoms with Gasteiger partial charge in [-0.1, -0.05) is 23.2 Å². The molecule has 192 valence electrons. The van der Waals surface area contributed by atoms with Gasteiger partial charge >= 0.3 is 5.97 Å². The number of carbonyl (C=O) groups is 1. The number of pyridine rings is 1. The van der Waals surface area contributed by atoms with Crippen molar-refractivity contribution < 1.29 is 18.7 Å². The molecular formula is C25H28Cl2FN5O3. The standard InChI is InChI=1S/C25H28Cl2FN5O3/c1-3-35-22(34)14-32-8-6-18(7-9-32)33-13-17(12-31-33)16-10-21(25(29)30-11-16)36-15(2)23-19(26)4-5-20(28)24(23)27/h4-5,10-13,15,18H,3,6-9,14H2,1-2H3,(H2,29,30)/t15-/m1/s1. The Hall–Kier alpha value is -2.88. The molecule has 2 aromatic heterocycles. The number of esters is 1. The molecule has 0 amide bonds. The third kappa shape index (κ3) is 5.91. The lowest BCUT2D eigenvalue weighted by Gasteiger charge is -2.31. The Kier molecular flexibility index (Phi) is 8.33. The molecule has 1 saturated heterocycles. The number of aromatic nitrogens is 3. The molecule has 1 fully saturated rings. The lowest BCUT2D eigenvalue weighted by molar-refractivity contribution is -0.144. The lowest BCUT2D eigenvalue weighted by atomic mass is 10.1. The number of nitrogens with zero attached hydrogens (tertiary/aromatic N) is 4. The first-order valence-corrected chi connectivity index (χ1v) is 12.5. The van der Waals surface area contributed by atoms with Gasteiger partial charge in [0.05, 0.1) is 30.4 Å². The fraction of sp³-hybridized carbons (Fsp3) is 0.400. The summed E-state index contributed by atoms with van der Waals surface area (Å²) in [5.41, 5.74) is 8.02. The monoisotopic (exact) mass is 535 g/mol. The fourth-order valence-corrected chi connectivity index (χ4v) is 4.97. The average molecular weight is 536 g/mol. The third-order valence-corrected chi connectivity index (χ3v) is 6.91. The van der Waals surface area contributed by atoms with Crippen molar-refractivity contribution in [1.82, 2.24) is 19.7 Å². The van der Waals surface area contributed by atoms with E-state index in [9.17, 15) is 9.18 Å². The van der Waals surface area contributed by atoms with Crippen LogP contribution in [-0.2, 0) is 9.53 Å². The van der Waals surface area contributed by atoms with Crippen LogP contribution in [0.1, 0.15) is 44.4 Å². The van der Waals surface area contributed by atoms with Crippen LogP contribution in [0.2, 0.25) is 10.0 Å². The number of hydrogen-bond acceptors (Lipinski definition) is 7. The molecule has 0 radical (unpaired) electrons. The Morgan fingerprint density at radius 2 is 2.00 bits per heavy atom. The predicted molar refractivity (Wildman–Crippen MR) is 137 cm³/mol. The Morgan fingerprint density at radius 1 is 1.25 bits per heavy atom. The van der Waals surface area contributed by atoms with E-state index in [0.29, 0.717) is 29.5 Å². The molecule has 0 aliphatic carbocycles. The molecular weight excluding hydrogens is 508 g/mol. The van der Waals surface area contributed by atoms with Crippen molar-refractivity contribution in [2.75, 3.05) is 32.0 Å². The summed E-state index contributed by atoms with van der Waals surface area (Å²) in [4.78, 5) is 18.1. The van der Waals surface area contributed by atoms with Gasteiger partial charge in [0, 0.05) is 47.2 Å². The SMILES string of the molecule is CCOC(=O)CN1CCC(n2cc(-c3cnc(N)c(O[C@H](C)c4c(Cl)ccc(F)c4Cl)c3)cn2)CC1. The number of piperidine rings is 1. The molecule has 4 rings (SSSR count). The van der Waals surface area contributed by atoms with Gasteiger partial charge in [-0.3, -0.25) is 14.4 Å². The van der Waals surface area contributed by atoms with Gasteiger partial charge in [0.1, 0.15) is 11.9 Å². The number of anilines is 1. The summed E-state index contributed by atoms with van der Waals surface area (Å²) in [6.45, 7) is 5.82. The summed E-state index contributed by atoms with van der Waals surface area (Å²) in [5.74, 6) is -0.250. The molecule has 8 nitrogen and oxygen atoms in total. The molecule has 0 spiro atoms. The number of nitrogens with two attached hydrogens (primary N) is 1. The Balaban J connectivity index is 1.45. The van der Waals surface area contributed by atoms with E-state index in [1.807, 2.05) is 10.9 Å². The molecule has 3 aromatic rings. The van der Waals surface area contributed by atoms with E-state index in [-0.39, 0.29) is 22.9 Å². The number of hydrogen-bond donors (Lipinski definition) is 1. The maximum Gasteiger partial charge on any atom is 0.320 e. The van der Waals surface area contributed by atoms with Gasteiger partial charge in [-0.05, 0) is 44.9 Å². The summed E-state index contributed by atoms with van der Waals surface area (Å²) in [5, 5.41) is 4.76. The molecule has 1 aliphatic heterocycles. The number of ether oxygens (including phenoxy) is 2. The fourth-order valence-electron chi connectivity index (χ4n) is 4.29. The Bertz CT molecular complexity index is 1230. The molecule has 1 atom stereocenters. The molecule has 1 aromatic carbocycles. The highest BCUT2D eigenvalue weighted by Crippen LogP contribution is 2.37. The lowest BCUT2D eigenvalue weighted by Crippen LogP contribution is -2.38. The van der Waals surface area contributed by atoms with Gasteiger partial charge in [0.15, 0.2) is 11.6 Å². The number of halogens is 3. The molecule has 11 heteroatoms. The van der Waals surface area contributed by atoms with Crippen LogP contribution in [0.3, 0.4) is 0 Å². The maximum atomic E-state index is 14.0. The summed E-state index contributed by atoms with van der Waals surface area (Å²) < 4.78 is 27.0. The summed E-state index contributed by atoms with van der Waals surface area (Å²) in [6.07, 6.45) is 6.47. The van der Waals surface area contributed by atoms with E-state index >= 15 is 0 Å². The van der Waals surface area contributed by atoms with Crippen molar-refractivity contribution in [2.24, 2.45) is 0 Å². The summed E-state index contributed by atoms with van der Waals surface area (Å²) in [6, 6.07) is 4.64. The molecule has 0 bridgehead atoms. The van der Waals surface area contributed by atoms with E-state index < -0.39 is 11.9 Å². The Morgan fingerprint density at radius 3 is 2.72 bits per heavy atom. The van der Waals surface area contributed by atoms with Gasteiger partial charge in [-0.2, -0.15) is 5.10 Å². The van der Waals surface area contributed by atoms with Crippen LogP contribution in [0.25, 0.3) is 11.1 Å².